The first-order chi connectivity index (χ1) is 7.42. The average Bonchev–Trinajstić information content (AvgIpc) is 2.33. The van der Waals surface area contributed by atoms with Crippen molar-refractivity contribution in [3.63, 3.8) is 0 Å². The number of rotatable bonds is 3. The van der Waals surface area contributed by atoms with Crippen LogP contribution in [0, 0.1) is 0 Å². The van der Waals surface area contributed by atoms with Crippen LogP contribution in [0.3, 0.4) is 0 Å². The zero-order valence-corrected chi connectivity index (χ0v) is 8.74. The molecule has 0 fully saturated rings. The van der Waals surface area contributed by atoms with Gasteiger partial charge in [0.15, 0.2) is 0 Å². The summed E-state index contributed by atoms with van der Waals surface area (Å²) >= 11 is 0. The maximum Gasteiger partial charge on any atom is 0.309 e. The van der Waals surface area contributed by atoms with Crippen molar-refractivity contribution in [2.75, 3.05) is 11.6 Å². The second-order valence-electron chi connectivity index (χ2n) is 3.19. The van der Waals surface area contributed by atoms with Gasteiger partial charge >= 0.3 is 6.33 Å². The second-order valence-corrected chi connectivity index (χ2v) is 3.19. The van der Waals surface area contributed by atoms with Crippen LogP contribution < -0.4 is 9.69 Å². The highest BCUT2D eigenvalue weighted by Gasteiger charge is 2.08. The van der Waals surface area contributed by atoms with E-state index in [0.717, 1.165) is 12.2 Å². The molecule has 1 aromatic heterocycles. The molecular formula is C12H14N3+. The van der Waals surface area contributed by atoms with Gasteiger partial charge in [-0.1, -0.05) is 23.2 Å². The number of anilines is 1. The van der Waals surface area contributed by atoms with Crippen molar-refractivity contribution >= 4 is 5.69 Å². The number of hydrogen-bond acceptors (Lipinski definition) is 2. The molecule has 0 N–H and O–H groups in total. The van der Waals surface area contributed by atoms with Crippen LogP contribution in [-0.4, -0.2) is 11.5 Å². The third-order valence-corrected chi connectivity index (χ3v) is 2.23. The number of aromatic nitrogens is 2. The highest BCUT2D eigenvalue weighted by molar-refractivity contribution is 5.42. The highest BCUT2D eigenvalue weighted by Crippen LogP contribution is 2.09. The summed E-state index contributed by atoms with van der Waals surface area (Å²) < 4.78 is 1.98. The maximum atomic E-state index is 4.10. The molecule has 3 nitrogen and oxygen atoms in total. The molecule has 0 unspecified atom stereocenters. The van der Waals surface area contributed by atoms with Gasteiger partial charge in [0.25, 0.3) is 0 Å². The molecule has 1 heterocycles. The average molecular weight is 200 g/mol. The Labute approximate surface area is 89.6 Å². The summed E-state index contributed by atoms with van der Waals surface area (Å²) in [4.78, 5) is 4.10. The molecule has 15 heavy (non-hydrogen) atoms. The van der Waals surface area contributed by atoms with Crippen LogP contribution in [-0.2, 0) is 0 Å². The fourth-order valence-corrected chi connectivity index (χ4v) is 1.54. The number of hydrogen-bond donors (Lipinski definition) is 0. The van der Waals surface area contributed by atoms with Crippen LogP contribution in [0.15, 0.2) is 55.1 Å². The van der Waals surface area contributed by atoms with Crippen LogP contribution in [0.5, 0.6) is 0 Å². The van der Waals surface area contributed by atoms with Gasteiger partial charge in [0, 0.05) is 6.07 Å². The van der Waals surface area contributed by atoms with Crippen molar-refractivity contribution in [3.05, 3.63) is 55.1 Å². The monoisotopic (exact) mass is 200 g/mol. The van der Waals surface area contributed by atoms with E-state index in [-0.39, 0.29) is 0 Å². The fourth-order valence-electron chi connectivity index (χ4n) is 1.54. The molecule has 0 amide bonds. The molecule has 0 bridgehead atoms. The molecule has 0 radical (unpaired) electrons. The lowest BCUT2D eigenvalue weighted by molar-refractivity contribution is -0.687. The van der Waals surface area contributed by atoms with Gasteiger partial charge in [-0.3, -0.25) is 0 Å². The van der Waals surface area contributed by atoms with E-state index in [1.165, 1.54) is 0 Å². The molecule has 76 valence electrons. The molecule has 0 saturated carbocycles. The smallest absolute Gasteiger partial charge is 0.212 e. The van der Waals surface area contributed by atoms with E-state index in [4.69, 9.17) is 0 Å². The Bertz CT molecular complexity index is 360. The predicted molar refractivity (Wildman–Crippen MR) is 59.3 cm³/mol. The number of nitrogens with zero attached hydrogens (tertiary/aromatic N) is 3. The summed E-state index contributed by atoms with van der Waals surface area (Å²) in [5, 5.41) is 2.15. The number of benzene rings is 1. The molecule has 3 heteroatoms. The molecule has 0 atom stereocenters. The molecule has 0 aliphatic carbocycles. The Hall–Kier alpha value is -1.90. The van der Waals surface area contributed by atoms with E-state index >= 15 is 0 Å². The lowest BCUT2D eigenvalue weighted by Crippen LogP contribution is -2.54. The Kier molecular flexibility index (Phi) is 2.93. The van der Waals surface area contributed by atoms with Gasteiger partial charge in [0.1, 0.15) is 12.4 Å². The Morgan fingerprint density at radius 2 is 2.00 bits per heavy atom. The summed E-state index contributed by atoms with van der Waals surface area (Å²) in [5.41, 5.74) is 1.16. The van der Waals surface area contributed by atoms with Crippen molar-refractivity contribution in [3.8, 4) is 0 Å². The summed E-state index contributed by atoms with van der Waals surface area (Å²) in [6.07, 6.45) is 5.56. The minimum absolute atomic E-state index is 0.903. The van der Waals surface area contributed by atoms with Gasteiger partial charge < -0.3 is 0 Å². The van der Waals surface area contributed by atoms with Gasteiger partial charge in [-0.15, -0.1) is 4.68 Å². The third-order valence-electron chi connectivity index (χ3n) is 2.23. The quantitative estimate of drug-likeness (QED) is 0.702. The van der Waals surface area contributed by atoms with Gasteiger partial charge in [0.2, 0.25) is 0 Å². The Morgan fingerprint density at radius 3 is 2.60 bits per heavy atom. The third kappa shape index (κ3) is 2.13. The lowest BCUT2D eigenvalue weighted by atomic mass is 10.3. The van der Waals surface area contributed by atoms with Crippen molar-refractivity contribution in [2.24, 2.45) is 0 Å². The first-order valence-corrected chi connectivity index (χ1v) is 5.06. The molecule has 1 aromatic carbocycles. The first-order valence-electron chi connectivity index (χ1n) is 5.06. The molecule has 0 aliphatic heterocycles. The van der Waals surface area contributed by atoms with Crippen LogP contribution in [0.4, 0.5) is 5.69 Å². The van der Waals surface area contributed by atoms with Crippen molar-refractivity contribution in [1.82, 2.24) is 4.98 Å². The van der Waals surface area contributed by atoms with Gasteiger partial charge in [0.05, 0.1) is 12.2 Å². The Morgan fingerprint density at radius 1 is 1.20 bits per heavy atom. The van der Waals surface area contributed by atoms with E-state index in [0.29, 0.717) is 0 Å². The van der Waals surface area contributed by atoms with Crippen LogP contribution >= 0.6 is 0 Å². The minimum atomic E-state index is 0.903. The maximum absolute atomic E-state index is 4.10. The van der Waals surface area contributed by atoms with Crippen LogP contribution in [0.2, 0.25) is 0 Å². The molecule has 2 aromatic rings. The lowest BCUT2D eigenvalue weighted by Gasteiger charge is -2.18. The predicted octanol–water partition coefficient (Wildman–Crippen LogP) is 1.66. The van der Waals surface area contributed by atoms with E-state index < -0.39 is 0 Å². The van der Waals surface area contributed by atoms with Gasteiger partial charge in [-0.2, -0.15) is 0 Å². The van der Waals surface area contributed by atoms with Crippen LogP contribution in [0.1, 0.15) is 6.92 Å². The summed E-state index contributed by atoms with van der Waals surface area (Å²) in [6, 6.07) is 12.2. The fraction of sp³-hybridized carbons (Fsp3) is 0.167. The first kappa shape index (κ1) is 9.65. The van der Waals surface area contributed by atoms with E-state index in [9.17, 15) is 0 Å². The summed E-state index contributed by atoms with van der Waals surface area (Å²) in [5.74, 6) is 0. The molecule has 0 aliphatic rings. The Balaban J connectivity index is 2.34. The molecule has 0 spiro atoms. The van der Waals surface area contributed by atoms with Crippen molar-refractivity contribution in [1.29, 1.82) is 0 Å². The molecular weight excluding hydrogens is 186 g/mol. The highest BCUT2D eigenvalue weighted by atomic mass is 15.5. The minimum Gasteiger partial charge on any atom is -0.212 e. The zero-order chi connectivity index (χ0) is 10.5. The summed E-state index contributed by atoms with van der Waals surface area (Å²) in [6.45, 7) is 3.02. The second kappa shape index (κ2) is 4.55. The molecule has 2 rings (SSSR count). The standard InChI is InChI=1S/C12H14N3/c1-2-15(12-7-4-3-5-8-12)14-10-6-9-13-11-14/h3-11H,2H2,1H3/q+1. The van der Waals surface area contributed by atoms with E-state index in [1.807, 2.05) is 35.1 Å². The number of para-hydroxylation sites is 1. The van der Waals surface area contributed by atoms with Gasteiger partial charge in [-0.05, 0) is 19.1 Å². The van der Waals surface area contributed by atoms with Crippen molar-refractivity contribution < 1.29 is 4.68 Å². The van der Waals surface area contributed by atoms with Gasteiger partial charge in [-0.25, -0.2) is 5.01 Å². The van der Waals surface area contributed by atoms with Crippen LogP contribution in [0.25, 0.3) is 0 Å². The molecule has 0 saturated heterocycles. The largest absolute Gasteiger partial charge is 0.309 e. The van der Waals surface area contributed by atoms with Crippen molar-refractivity contribution in [2.45, 2.75) is 6.92 Å². The normalized spacial score (nSPS) is 9.93. The topological polar surface area (TPSA) is 20.0 Å². The summed E-state index contributed by atoms with van der Waals surface area (Å²) in [7, 11) is 0. The zero-order valence-electron chi connectivity index (χ0n) is 8.74. The van der Waals surface area contributed by atoms with E-state index in [2.05, 4.69) is 29.0 Å². The van der Waals surface area contributed by atoms with E-state index in [1.54, 1.807) is 12.5 Å². The SMILES string of the molecule is CCN(c1ccccc1)[n+]1cccnc1.